The maximum Gasteiger partial charge on any atom is 0.308 e. The van der Waals surface area contributed by atoms with Crippen molar-refractivity contribution in [3.8, 4) is 0 Å². The van der Waals surface area contributed by atoms with Crippen LogP contribution in [0.5, 0.6) is 0 Å². The number of carbonyl (C=O) groups is 3. The lowest BCUT2D eigenvalue weighted by Gasteiger charge is -2.36. The zero-order chi connectivity index (χ0) is 27.5. The van der Waals surface area contributed by atoms with Gasteiger partial charge < -0.3 is 23.7 Å². The summed E-state index contributed by atoms with van der Waals surface area (Å²) in [6, 6.07) is 0. The Hall–Kier alpha value is -1.35. The standard InChI is InChI=1S/C29H50O8/c1-21(25(31)16-14-22(30)10-9-11-23-17-19-34-29(5,6)36-23)13-15-24(20-26(32)37-28(2,3)4)35-27-12-7-8-18-33-27/h21,23-24,27H,7-20H2,1-6H3/t21-,23-,24+,27?/m1/s1. The number of rotatable bonds is 15. The lowest BCUT2D eigenvalue weighted by Crippen LogP contribution is -2.39. The number of esters is 1. The van der Waals surface area contributed by atoms with Crippen LogP contribution in [0.1, 0.15) is 119 Å². The molecule has 2 fully saturated rings. The van der Waals surface area contributed by atoms with Gasteiger partial charge in [-0.25, -0.2) is 0 Å². The van der Waals surface area contributed by atoms with Crippen LogP contribution in [0, 0.1) is 5.92 Å². The van der Waals surface area contributed by atoms with Crippen molar-refractivity contribution >= 4 is 17.5 Å². The first kappa shape index (κ1) is 31.9. The second kappa shape index (κ2) is 15.3. The summed E-state index contributed by atoms with van der Waals surface area (Å²) in [7, 11) is 0. The molecule has 0 aromatic heterocycles. The van der Waals surface area contributed by atoms with Crippen LogP contribution in [-0.2, 0) is 38.1 Å². The van der Waals surface area contributed by atoms with Gasteiger partial charge in [0, 0.05) is 31.8 Å². The Bertz CT molecular complexity index is 720. The van der Waals surface area contributed by atoms with Crippen LogP contribution < -0.4 is 0 Å². The molecular weight excluding hydrogens is 476 g/mol. The fraction of sp³-hybridized carbons (Fsp3) is 0.897. The molecule has 0 radical (unpaired) electrons. The molecule has 4 atom stereocenters. The van der Waals surface area contributed by atoms with E-state index in [9.17, 15) is 14.4 Å². The van der Waals surface area contributed by atoms with E-state index in [-0.39, 0.29) is 61.2 Å². The summed E-state index contributed by atoms with van der Waals surface area (Å²) in [5, 5.41) is 0. The Morgan fingerprint density at radius 3 is 2.41 bits per heavy atom. The number of ether oxygens (including phenoxy) is 5. The van der Waals surface area contributed by atoms with Crippen molar-refractivity contribution in [2.45, 2.75) is 148 Å². The summed E-state index contributed by atoms with van der Waals surface area (Å²) in [5.41, 5.74) is -0.562. The van der Waals surface area contributed by atoms with Crippen molar-refractivity contribution in [1.82, 2.24) is 0 Å². The van der Waals surface area contributed by atoms with Crippen molar-refractivity contribution in [3.05, 3.63) is 0 Å². The third kappa shape index (κ3) is 13.8. The number of hydrogen-bond donors (Lipinski definition) is 0. The second-order valence-electron chi connectivity index (χ2n) is 12.0. The van der Waals surface area contributed by atoms with Crippen molar-refractivity contribution in [2.75, 3.05) is 13.2 Å². The summed E-state index contributed by atoms with van der Waals surface area (Å²) in [6.07, 6.45) is 6.99. The van der Waals surface area contributed by atoms with Gasteiger partial charge in [0.2, 0.25) is 0 Å². The number of hydrogen-bond acceptors (Lipinski definition) is 8. The minimum atomic E-state index is -0.562. The van der Waals surface area contributed by atoms with Crippen molar-refractivity contribution < 1.29 is 38.1 Å². The van der Waals surface area contributed by atoms with Crippen LogP contribution in [0.3, 0.4) is 0 Å². The third-order valence-electron chi connectivity index (χ3n) is 6.74. The third-order valence-corrected chi connectivity index (χ3v) is 6.74. The van der Waals surface area contributed by atoms with Gasteiger partial charge in [-0.05, 0) is 86.0 Å². The molecule has 2 aliphatic heterocycles. The Morgan fingerprint density at radius 1 is 1.00 bits per heavy atom. The fourth-order valence-corrected chi connectivity index (χ4v) is 4.71. The summed E-state index contributed by atoms with van der Waals surface area (Å²) in [4.78, 5) is 37.5. The maximum atomic E-state index is 12.7. The second-order valence-corrected chi connectivity index (χ2v) is 12.0. The van der Waals surface area contributed by atoms with Crippen LogP contribution in [-0.4, -0.2) is 60.6 Å². The summed E-state index contributed by atoms with van der Waals surface area (Å²) < 4.78 is 28.7. The average molecular weight is 527 g/mol. The first-order valence-electron chi connectivity index (χ1n) is 14.2. The monoisotopic (exact) mass is 526 g/mol. The van der Waals surface area contributed by atoms with Gasteiger partial charge in [0.1, 0.15) is 17.2 Å². The quantitative estimate of drug-likeness (QED) is 0.252. The van der Waals surface area contributed by atoms with E-state index in [1.807, 2.05) is 41.5 Å². The lowest BCUT2D eigenvalue weighted by molar-refractivity contribution is -0.274. The topological polar surface area (TPSA) is 97.4 Å². The molecule has 0 spiro atoms. The highest BCUT2D eigenvalue weighted by Crippen LogP contribution is 2.26. The minimum Gasteiger partial charge on any atom is -0.460 e. The Labute approximate surface area is 223 Å². The predicted molar refractivity (Wildman–Crippen MR) is 140 cm³/mol. The number of Topliss-reactive ketones (excluding diaryl/α,β-unsaturated/α-hetero) is 2. The molecule has 1 unspecified atom stereocenters. The van der Waals surface area contributed by atoms with Crippen molar-refractivity contribution in [3.63, 3.8) is 0 Å². The molecular formula is C29H50O8. The predicted octanol–water partition coefficient (Wildman–Crippen LogP) is 5.68. The molecule has 0 N–H and O–H groups in total. The smallest absolute Gasteiger partial charge is 0.308 e. The Balaban J connectivity index is 1.71. The van der Waals surface area contributed by atoms with Crippen LogP contribution in [0.15, 0.2) is 0 Å². The first-order chi connectivity index (χ1) is 17.3. The normalized spacial score (nSPS) is 23.7. The molecule has 2 saturated heterocycles. The number of carbonyl (C=O) groups excluding carboxylic acids is 3. The molecule has 214 valence electrons. The van der Waals surface area contributed by atoms with Gasteiger partial charge in [0.05, 0.1) is 25.2 Å². The number of ketones is 2. The SMILES string of the molecule is C[C@H](CC[C@@H](CC(=O)OC(C)(C)C)OC1CCCCO1)C(=O)CCC(=O)CCC[C@@H]1CCOC(C)(C)O1. The van der Waals surface area contributed by atoms with Crippen molar-refractivity contribution in [2.24, 2.45) is 5.92 Å². The molecule has 2 heterocycles. The molecule has 0 aromatic carbocycles. The van der Waals surface area contributed by atoms with Gasteiger partial charge >= 0.3 is 5.97 Å². The first-order valence-corrected chi connectivity index (χ1v) is 14.2. The molecule has 2 aliphatic rings. The van der Waals surface area contributed by atoms with Crippen LogP contribution in [0.4, 0.5) is 0 Å². The largest absolute Gasteiger partial charge is 0.460 e. The fourth-order valence-electron chi connectivity index (χ4n) is 4.71. The molecule has 0 amide bonds. The summed E-state index contributed by atoms with van der Waals surface area (Å²) in [5.74, 6) is -0.883. The molecule has 2 rings (SSSR count). The van der Waals surface area contributed by atoms with E-state index in [0.717, 1.165) is 38.5 Å². The highest BCUT2D eigenvalue weighted by Gasteiger charge is 2.29. The molecule has 0 bridgehead atoms. The van der Waals surface area contributed by atoms with E-state index >= 15 is 0 Å². The molecule has 8 nitrogen and oxygen atoms in total. The average Bonchev–Trinajstić information content (AvgIpc) is 2.79. The van der Waals surface area contributed by atoms with Crippen LogP contribution in [0.25, 0.3) is 0 Å². The van der Waals surface area contributed by atoms with Gasteiger partial charge in [0.25, 0.3) is 0 Å². The summed E-state index contributed by atoms with van der Waals surface area (Å²) in [6.45, 7) is 12.6. The molecule has 0 saturated carbocycles. The van der Waals surface area contributed by atoms with Gasteiger partial charge in [-0.15, -0.1) is 0 Å². The van der Waals surface area contributed by atoms with Gasteiger partial charge in [-0.1, -0.05) is 6.92 Å². The van der Waals surface area contributed by atoms with E-state index in [1.165, 1.54) is 0 Å². The lowest BCUT2D eigenvalue weighted by atomic mass is 9.93. The highest BCUT2D eigenvalue weighted by atomic mass is 16.7. The van der Waals surface area contributed by atoms with Crippen LogP contribution >= 0.6 is 0 Å². The zero-order valence-corrected chi connectivity index (χ0v) is 24.0. The molecule has 0 aromatic rings. The van der Waals surface area contributed by atoms with Gasteiger partial charge in [-0.3, -0.25) is 14.4 Å². The molecule has 37 heavy (non-hydrogen) atoms. The minimum absolute atomic E-state index is 0.0767. The Morgan fingerprint density at radius 2 is 1.76 bits per heavy atom. The maximum absolute atomic E-state index is 12.7. The van der Waals surface area contributed by atoms with Gasteiger partial charge in [0.15, 0.2) is 12.1 Å². The van der Waals surface area contributed by atoms with E-state index in [0.29, 0.717) is 32.5 Å². The van der Waals surface area contributed by atoms with E-state index < -0.39 is 11.4 Å². The summed E-state index contributed by atoms with van der Waals surface area (Å²) >= 11 is 0. The highest BCUT2D eigenvalue weighted by molar-refractivity contribution is 5.87. The van der Waals surface area contributed by atoms with E-state index in [4.69, 9.17) is 23.7 Å². The van der Waals surface area contributed by atoms with E-state index in [2.05, 4.69) is 0 Å². The van der Waals surface area contributed by atoms with E-state index in [1.54, 1.807) is 0 Å². The van der Waals surface area contributed by atoms with Gasteiger partial charge in [-0.2, -0.15) is 0 Å². The molecule has 8 heteroatoms. The Kier molecular flexibility index (Phi) is 13.2. The van der Waals surface area contributed by atoms with Crippen molar-refractivity contribution in [1.29, 1.82) is 0 Å². The molecule has 0 aliphatic carbocycles. The van der Waals surface area contributed by atoms with Crippen LogP contribution in [0.2, 0.25) is 0 Å². The zero-order valence-electron chi connectivity index (χ0n) is 24.0.